The van der Waals surface area contributed by atoms with Crippen LogP contribution < -0.4 is 0 Å². The molecule has 0 radical (unpaired) electrons. The van der Waals surface area contributed by atoms with E-state index < -0.39 is 4.92 Å². The van der Waals surface area contributed by atoms with Crippen molar-refractivity contribution in [2.75, 3.05) is 0 Å². The molecule has 0 fully saturated rings. The highest BCUT2D eigenvalue weighted by molar-refractivity contribution is 5.51. The summed E-state index contributed by atoms with van der Waals surface area (Å²) in [5.41, 5.74) is -0.0663. The van der Waals surface area contributed by atoms with Crippen molar-refractivity contribution in [3.8, 4) is 11.9 Å². The van der Waals surface area contributed by atoms with Crippen LogP contribution in [0.15, 0.2) is 24.7 Å². The van der Waals surface area contributed by atoms with E-state index in [4.69, 9.17) is 5.26 Å². The van der Waals surface area contributed by atoms with Gasteiger partial charge in [-0.25, -0.2) is 9.97 Å². The topological polar surface area (TPSA) is 97.6 Å². The molecule has 2 aromatic rings. The third-order valence-corrected chi connectivity index (χ3v) is 2.23. The van der Waals surface area contributed by atoms with Crippen molar-refractivity contribution in [2.45, 2.75) is 6.92 Å². The molecule has 0 aromatic carbocycles. The van der Waals surface area contributed by atoms with E-state index in [1.165, 1.54) is 23.0 Å². The summed E-state index contributed by atoms with van der Waals surface area (Å²) < 4.78 is 1.50. The first-order chi connectivity index (χ1) is 8.13. The van der Waals surface area contributed by atoms with E-state index in [0.717, 1.165) is 0 Å². The summed E-state index contributed by atoms with van der Waals surface area (Å²) in [6, 6.07) is 3.01. The average molecular weight is 229 g/mol. The number of nitro groups is 1. The lowest BCUT2D eigenvalue weighted by Gasteiger charge is -2.04. The van der Waals surface area contributed by atoms with Gasteiger partial charge in [0.05, 0.1) is 10.5 Å². The van der Waals surface area contributed by atoms with E-state index in [2.05, 4.69) is 9.97 Å². The molecule has 2 rings (SSSR count). The summed E-state index contributed by atoms with van der Waals surface area (Å²) in [5.74, 6) is 0.745. The molecule has 0 aliphatic heterocycles. The third-order valence-electron chi connectivity index (χ3n) is 2.23. The second kappa shape index (κ2) is 4.02. The van der Waals surface area contributed by atoms with Crippen molar-refractivity contribution in [3.63, 3.8) is 0 Å². The van der Waals surface area contributed by atoms with Gasteiger partial charge in [-0.1, -0.05) is 0 Å². The predicted octanol–water partition coefficient (Wildman–Crippen LogP) is 1.36. The van der Waals surface area contributed by atoms with Crippen LogP contribution >= 0.6 is 0 Å². The highest BCUT2D eigenvalue weighted by Crippen LogP contribution is 2.22. The fourth-order valence-corrected chi connectivity index (χ4v) is 1.43. The van der Waals surface area contributed by atoms with Gasteiger partial charge in [0.1, 0.15) is 11.9 Å². The monoisotopic (exact) mass is 229 g/mol. The Balaban J connectivity index is 2.67. The highest BCUT2D eigenvalue weighted by Gasteiger charge is 2.18. The summed E-state index contributed by atoms with van der Waals surface area (Å²) >= 11 is 0. The zero-order valence-electron chi connectivity index (χ0n) is 8.86. The molecule has 0 aliphatic carbocycles. The first-order valence-electron chi connectivity index (χ1n) is 4.68. The van der Waals surface area contributed by atoms with Crippen LogP contribution in [-0.4, -0.2) is 19.5 Å². The van der Waals surface area contributed by atoms with E-state index in [9.17, 15) is 10.1 Å². The van der Waals surface area contributed by atoms with Gasteiger partial charge in [0.2, 0.25) is 5.82 Å². The number of imidazole rings is 1. The maximum absolute atomic E-state index is 10.9. The highest BCUT2D eigenvalue weighted by atomic mass is 16.6. The fraction of sp³-hybridized carbons (Fsp3) is 0.100. The maximum Gasteiger partial charge on any atom is 0.313 e. The molecule has 0 spiro atoms. The van der Waals surface area contributed by atoms with Crippen LogP contribution in [0.4, 0.5) is 5.69 Å². The van der Waals surface area contributed by atoms with E-state index >= 15 is 0 Å². The van der Waals surface area contributed by atoms with Crippen LogP contribution in [0.5, 0.6) is 0 Å². The number of hydrogen-bond donors (Lipinski definition) is 0. The van der Waals surface area contributed by atoms with Crippen LogP contribution in [0.2, 0.25) is 0 Å². The Bertz CT molecular complexity index is 626. The maximum atomic E-state index is 10.9. The zero-order chi connectivity index (χ0) is 12.4. The lowest BCUT2D eigenvalue weighted by molar-refractivity contribution is -0.384. The van der Waals surface area contributed by atoms with Gasteiger partial charge < -0.3 is 0 Å². The van der Waals surface area contributed by atoms with Crippen LogP contribution in [0.25, 0.3) is 5.82 Å². The Labute approximate surface area is 96.1 Å². The minimum Gasteiger partial charge on any atom is -0.282 e. The molecule has 0 aliphatic rings. The molecule has 17 heavy (non-hydrogen) atoms. The van der Waals surface area contributed by atoms with Gasteiger partial charge in [-0.2, -0.15) is 5.26 Å². The average Bonchev–Trinajstić information content (AvgIpc) is 2.74. The molecule has 0 atom stereocenters. The lowest BCUT2D eigenvalue weighted by atomic mass is 10.2. The van der Waals surface area contributed by atoms with Crippen molar-refractivity contribution in [1.29, 1.82) is 5.26 Å². The van der Waals surface area contributed by atoms with E-state index in [1.54, 1.807) is 13.1 Å². The van der Waals surface area contributed by atoms with Gasteiger partial charge in [-0.05, 0) is 6.92 Å². The van der Waals surface area contributed by atoms with Crippen LogP contribution in [-0.2, 0) is 0 Å². The number of aryl methyl sites for hydroxylation is 1. The summed E-state index contributed by atoms with van der Waals surface area (Å²) in [6.07, 6.45) is 4.40. The molecule has 0 saturated carbocycles. The second-order valence-corrected chi connectivity index (χ2v) is 3.28. The molecule has 84 valence electrons. The Hall–Kier alpha value is -2.75. The summed E-state index contributed by atoms with van der Waals surface area (Å²) in [4.78, 5) is 18.3. The molecular weight excluding hydrogens is 222 g/mol. The molecule has 0 bridgehead atoms. The second-order valence-electron chi connectivity index (χ2n) is 3.28. The number of pyridine rings is 1. The number of rotatable bonds is 2. The summed E-state index contributed by atoms with van der Waals surface area (Å²) in [7, 11) is 0. The normalized spacial score (nSPS) is 9.88. The Morgan fingerprint density at radius 1 is 1.53 bits per heavy atom. The van der Waals surface area contributed by atoms with Crippen LogP contribution in [0.1, 0.15) is 11.4 Å². The molecular formula is C10H7N5O2. The number of nitrogens with zero attached hydrogens (tertiary/aromatic N) is 5. The lowest BCUT2D eigenvalue weighted by Crippen LogP contribution is -2.04. The number of hydrogen-bond acceptors (Lipinski definition) is 5. The smallest absolute Gasteiger partial charge is 0.282 e. The van der Waals surface area contributed by atoms with Gasteiger partial charge in [0, 0.05) is 24.7 Å². The molecule has 7 nitrogen and oxygen atoms in total. The van der Waals surface area contributed by atoms with Gasteiger partial charge in [0.25, 0.3) is 0 Å². The molecule has 0 amide bonds. The molecule has 0 N–H and O–H groups in total. The SMILES string of the molecule is Cc1nccn1-c1ncc(C#N)cc1[N+](=O)[O-]. The van der Waals surface area contributed by atoms with Crippen molar-refractivity contribution in [2.24, 2.45) is 0 Å². The Morgan fingerprint density at radius 3 is 2.82 bits per heavy atom. The molecule has 2 heterocycles. The Kier molecular flexibility index (Phi) is 2.54. The van der Waals surface area contributed by atoms with Crippen molar-refractivity contribution in [1.82, 2.24) is 14.5 Å². The van der Waals surface area contributed by atoms with Crippen LogP contribution in [0, 0.1) is 28.4 Å². The molecule has 0 unspecified atom stereocenters. The minimum absolute atomic E-state index is 0.151. The predicted molar refractivity (Wildman–Crippen MR) is 57.5 cm³/mol. The van der Waals surface area contributed by atoms with Crippen molar-refractivity contribution in [3.05, 3.63) is 46.2 Å². The Morgan fingerprint density at radius 2 is 2.29 bits per heavy atom. The molecule has 2 aromatic heterocycles. The summed E-state index contributed by atoms with van der Waals surface area (Å²) in [5, 5.41) is 19.6. The fourth-order valence-electron chi connectivity index (χ4n) is 1.43. The van der Waals surface area contributed by atoms with E-state index in [1.807, 2.05) is 6.07 Å². The van der Waals surface area contributed by atoms with Gasteiger partial charge in [0.15, 0.2) is 0 Å². The number of nitriles is 1. The van der Waals surface area contributed by atoms with Crippen molar-refractivity contribution < 1.29 is 4.92 Å². The van der Waals surface area contributed by atoms with Gasteiger partial charge in [-0.15, -0.1) is 0 Å². The third kappa shape index (κ3) is 1.83. The minimum atomic E-state index is -0.567. The standard InChI is InChI=1S/C10H7N5O2/c1-7-12-2-3-14(7)10-9(15(16)17)4-8(5-11)6-13-10/h2-4,6H,1H3. The van der Waals surface area contributed by atoms with Crippen molar-refractivity contribution >= 4 is 5.69 Å². The first-order valence-corrected chi connectivity index (χ1v) is 4.68. The largest absolute Gasteiger partial charge is 0.313 e. The van der Waals surface area contributed by atoms with E-state index in [-0.39, 0.29) is 17.1 Å². The van der Waals surface area contributed by atoms with E-state index in [0.29, 0.717) is 5.82 Å². The first kappa shape index (κ1) is 10.8. The quantitative estimate of drug-likeness (QED) is 0.571. The van der Waals surface area contributed by atoms with Gasteiger partial charge >= 0.3 is 5.69 Å². The van der Waals surface area contributed by atoms with Gasteiger partial charge in [-0.3, -0.25) is 14.7 Å². The number of aromatic nitrogens is 3. The zero-order valence-corrected chi connectivity index (χ0v) is 8.86. The van der Waals surface area contributed by atoms with Crippen LogP contribution in [0.3, 0.4) is 0 Å². The summed E-state index contributed by atoms with van der Waals surface area (Å²) in [6.45, 7) is 1.71. The molecule has 0 saturated heterocycles. The molecule has 7 heteroatoms.